The molecule has 1 aliphatic heterocycles. The highest BCUT2D eigenvalue weighted by atomic mass is 16.6. The maximum atomic E-state index is 12.0. The molecule has 2 heterocycles. The fraction of sp³-hybridized carbons (Fsp3) is 0.765. The number of hydrogen-bond acceptors (Lipinski definition) is 5. The zero-order valence-electron chi connectivity index (χ0n) is 15.2. The normalized spacial score (nSPS) is 20.6. The van der Waals surface area contributed by atoms with E-state index in [9.17, 15) is 9.90 Å². The molecule has 0 aromatic carbocycles. The molecule has 7 nitrogen and oxygen atoms in total. The Morgan fingerprint density at radius 3 is 2.92 bits per heavy atom. The number of carbonyl (C=O) groups is 1. The van der Waals surface area contributed by atoms with Crippen molar-refractivity contribution >= 4 is 6.09 Å². The van der Waals surface area contributed by atoms with Crippen LogP contribution in [-0.4, -0.2) is 69.6 Å². The summed E-state index contributed by atoms with van der Waals surface area (Å²) in [7, 11) is 1.65. The SMILES string of the molecule is CN(C[C@H](O)CN1CCCC[C@@H]1c1cn[nH]c1)C(=O)OC(C)(C)C. The number of nitrogens with one attached hydrogen (secondary N) is 1. The maximum Gasteiger partial charge on any atom is 0.410 e. The quantitative estimate of drug-likeness (QED) is 0.860. The first-order chi connectivity index (χ1) is 11.3. The van der Waals surface area contributed by atoms with Gasteiger partial charge in [0, 0.05) is 31.4 Å². The highest BCUT2D eigenvalue weighted by Crippen LogP contribution is 2.30. The van der Waals surface area contributed by atoms with Crippen LogP contribution in [0.1, 0.15) is 51.6 Å². The van der Waals surface area contributed by atoms with Crippen molar-refractivity contribution in [3.8, 4) is 0 Å². The van der Waals surface area contributed by atoms with E-state index in [1.54, 1.807) is 7.05 Å². The third kappa shape index (κ3) is 5.49. The molecule has 1 aromatic heterocycles. The highest BCUT2D eigenvalue weighted by Gasteiger charge is 2.28. The van der Waals surface area contributed by atoms with E-state index in [0.717, 1.165) is 24.9 Å². The summed E-state index contributed by atoms with van der Waals surface area (Å²) >= 11 is 0. The summed E-state index contributed by atoms with van der Waals surface area (Å²) in [6, 6.07) is 0.277. The lowest BCUT2D eigenvalue weighted by atomic mass is 9.97. The lowest BCUT2D eigenvalue weighted by Gasteiger charge is -2.37. The molecule has 0 saturated carbocycles. The van der Waals surface area contributed by atoms with E-state index < -0.39 is 17.8 Å². The summed E-state index contributed by atoms with van der Waals surface area (Å²) in [6.07, 6.45) is 6.11. The molecule has 24 heavy (non-hydrogen) atoms. The third-order valence-corrected chi connectivity index (χ3v) is 4.15. The van der Waals surface area contributed by atoms with Crippen molar-refractivity contribution in [3.05, 3.63) is 18.0 Å². The van der Waals surface area contributed by atoms with Crippen LogP contribution >= 0.6 is 0 Å². The summed E-state index contributed by atoms with van der Waals surface area (Å²) in [4.78, 5) is 15.7. The Morgan fingerprint density at radius 1 is 1.54 bits per heavy atom. The van der Waals surface area contributed by atoms with E-state index in [0.29, 0.717) is 6.54 Å². The highest BCUT2D eigenvalue weighted by molar-refractivity contribution is 5.67. The van der Waals surface area contributed by atoms with Gasteiger partial charge in [0.1, 0.15) is 5.60 Å². The van der Waals surface area contributed by atoms with E-state index in [1.165, 1.54) is 11.3 Å². The summed E-state index contributed by atoms with van der Waals surface area (Å²) < 4.78 is 5.32. The number of nitrogens with zero attached hydrogens (tertiary/aromatic N) is 3. The van der Waals surface area contributed by atoms with Gasteiger partial charge in [-0.2, -0.15) is 5.10 Å². The molecular formula is C17H30N4O3. The van der Waals surface area contributed by atoms with Crippen LogP contribution in [0.4, 0.5) is 4.79 Å². The first-order valence-electron chi connectivity index (χ1n) is 8.61. The second kappa shape index (κ2) is 7.98. The molecule has 136 valence electrons. The molecule has 0 aliphatic carbocycles. The minimum absolute atomic E-state index is 0.253. The number of aliphatic hydroxyl groups is 1. The van der Waals surface area contributed by atoms with Gasteiger partial charge in [-0.1, -0.05) is 6.42 Å². The van der Waals surface area contributed by atoms with Crippen LogP contribution in [0.2, 0.25) is 0 Å². The molecule has 1 aromatic rings. The second-order valence-corrected chi connectivity index (χ2v) is 7.55. The van der Waals surface area contributed by atoms with Gasteiger partial charge in [0.25, 0.3) is 0 Å². The number of β-amino-alcohol motifs (C(OH)–C–C–N with tert-alkyl or cyclic N) is 1. The van der Waals surface area contributed by atoms with Crippen LogP contribution in [0.25, 0.3) is 0 Å². The summed E-state index contributed by atoms with van der Waals surface area (Å²) in [6.45, 7) is 7.23. The molecular weight excluding hydrogens is 308 g/mol. The van der Waals surface area contributed by atoms with Gasteiger partial charge in [0.05, 0.1) is 18.8 Å². The maximum absolute atomic E-state index is 12.0. The molecule has 0 unspecified atom stereocenters. The Bertz CT molecular complexity index is 512. The number of rotatable bonds is 5. The van der Waals surface area contributed by atoms with Gasteiger partial charge in [-0.05, 0) is 40.2 Å². The van der Waals surface area contributed by atoms with Crippen molar-refractivity contribution in [1.82, 2.24) is 20.0 Å². The van der Waals surface area contributed by atoms with Crippen molar-refractivity contribution in [3.63, 3.8) is 0 Å². The smallest absolute Gasteiger partial charge is 0.410 e. The molecule has 2 N–H and O–H groups in total. The van der Waals surface area contributed by atoms with Gasteiger partial charge in [-0.3, -0.25) is 10.00 Å². The number of aliphatic hydroxyl groups excluding tert-OH is 1. The predicted octanol–water partition coefficient (Wildman–Crippen LogP) is 2.16. The van der Waals surface area contributed by atoms with Crippen molar-refractivity contribution in [2.45, 2.75) is 57.8 Å². The fourth-order valence-electron chi connectivity index (χ4n) is 3.09. The lowest BCUT2D eigenvalue weighted by Crippen LogP contribution is -2.44. The number of aromatic amines is 1. The molecule has 1 fully saturated rings. The van der Waals surface area contributed by atoms with E-state index in [1.807, 2.05) is 33.2 Å². The van der Waals surface area contributed by atoms with Crippen molar-refractivity contribution in [2.24, 2.45) is 0 Å². The Kier molecular flexibility index (Phi) is 6.23. The lowest BCUT2D eigenvalue weighted by molar-refractivity contribution is 0.0115. The van der Waals surface area contributed by atoms with Crippen LogP contribution in [-0.2, 0) is 4.74 Å². The average Bonchev–Trinajstić information content (AvgIpc) is 2.99. The Labute approximate surface area is 144 Å². The fourth-order valence-corrected chi connectivity index (χ4v) is 3.09. The number of H-pyrrole nitrogens is 1. The molecule has 7 heteroatoms. The molecule has 1 amide bonds. The van der Waals surface area contributed by atoms with E-state index in [-0.39, 0.29) is 12.6 Å². The first kappa shape index (κ1) is 18.7. The summed E-state index contributed by atoms with van der Waals surface area (Å²) in [5.41, 5.74) is 0.623. The topological polar surface area (TPSA) is 81.7 Å². The number of carbonyl (C=O) groups excluding carboxylic acids is 1. The van der Waals surface area contributed by atoms with Gasteiger partial charge in [0.2, 0.25) is 0 Å². The zero-order chi connectivity index (χ0) is 17.7. The molecule has 0 bridgehead atoms. The Morgan fingerprint density at radius 2 is 2.29 bits per heavy atom. The van der Waals surface area contributed by atoms with Gasteiger partial charge in [0.15, 0.2) is 0 Å². The minimum atomic E-state index is -0.616. The number of aromatic nitrogens is 2. The van der Waals surface area contributed by atoms with Crippen LogP contribution in [0.15, 0.2) is 12.4 Å². The molecule has 1 aliphatic rings. The van der Waals surface area contributed by atoms with Crippen LogP contribution < -0.4 is 0 Å². The number of piperidine rings is 1. The number of hydrogen-bond donors (Lipinski definition) is 2. The van der Waals surface area contributed by atoms with E-state index in [2.05, 4.69) is 15.1 Å². The average molecular weight is 338 g/mol. The van der Waals surface area contributed by atoms with Crippen LogP contribution in [0.5, 0.6) is 0 Å². The summed E-state index contributed by atoms with van der Waals surface area (Å²) in [5, 5.41) is 17.3. The number of likely N-dealkylation sites (tertiary alicyclic amines) is 1. The largest absolute Gasteiger partial charge is 0.444 e. The predicted molar refractivity (Wildman–Crippen MR) is 91.6 cm³/mol. The number of ether oxygens (including phenoxy) is 1. The summed E-state index contributed by atoms with van der Waals surface area (Å²) in [5.74, 6) is 0. The molecule has 1 saturated heterocycles. The first-order valence-corrected chi connectivity index (χ1v) is 8.61. The van der Waals surface area contributed by atoms with E-state index >= 15 is 0 Å². The van der Waals surface area contributed by atoms with Gasteiger partial charge >= 0.3 is 6.09 Å². The Hall–Kier alpha value is -1.60. The molecule has 2 rings (SSSR count). The monoisotopic (exact) mass is 338 g/mol. The van der Waals surface area contributed by atoms with Crippen LogP contribution in [0.3, 0.4) is 0 Å². The second-order valence-electron chi connectivity index (χ2n) is 7.55. The van der Waals surface area contributed by atoms with Gasteiger partial charge in [-0.15, -0.1) is 0 Å². The zero-order valence-corrected chi connectivity index (χ0v) is 15.2. The standard InChI is InChI=1S/C17H30N4O3/c1-17(2,3)24-16(23)20(4)11-14(22)12-21-8-6-5-7-15(21)13-9-18-19-10-13/h9-10,14-15,22H,5-8,11-12H2,1-4H3,(H,18,19)/t14-,15+/m0/s1. The van der Waals surface area contributed by atoms with Crippen molar-refractivity contribution < 1.29 is 14.6 Å². The molecule has 2 atom stereocenters. The third-order valence-electron chi connectivity index (χ3n) is 4.15. The number of amides is 1. The van der Waals surface area contributed by atoms with Gasteiger partial charge in [-0.25, -0.2) is 4.79 Å². The van der Waals surface area contributed by atoms with Gasteiger partial charge < -0.3 is 14.7 Å². The number of likely N-dealkylation sites (N-methyl/N-ethyl adjacent to an activating group) is 1. The van der Waals surface area contributed by atoms with Crippen molar-refractivity contribution in [1.29, 1.82) is 0 Å². The van der Waals surface area contributed by atoms with Crippen molar-refractivity contribution in [2.75, 3.05) is 26.7 Å². The van der Waals surface area contributed by atoms with E-state index in [4.69, 9.17) is 4.74 Å². The Balaban J connectivity index is 1.88. The molecule has 0 spiro atoms. The molecule has 0 radical (unpaired) electrons. The van der Waals surface area contributed by atoms with Crippen LogP contribution in [0, 0.1) is 0 Å². The minimum Gasteiger partial charge on any atom is -0.444 e.